The van der Waals surface area contributed by atoms with E-state index >= 15 is 0 Å². The first-order chi connectivity index (χ1) is 10.5. The van der Waals surface area contributed by atoms with Crippen LogP contribution in [0.15, 0.2) is 34.9 Å². The summed E-state index contributed by atoms with van der Waals surface area (Å²) in [6, 6.07) is 5.69. The van der Waals surface area contributed by atoms with Crippen molar-refractivity contribution in [3.05, 3.63) is 47.9 Å². The molecular weight excluding hydrogens is 291 g/mol. The van der Waals surface area contributed by atoms with E-state index < -0.39 is 11.9 Å². The number of amides is 1. The van der Waals surface area contributed by atoms with E-state index in [2.05, 4.69) is 4.98 Å². The van der Waals surface area contributed by atoms with Crippen LogP contribution in [0.1, 0.15) is 23.3 Å². The number of hydrogen-bond donors (Lipinski definition) is 1. The molecule has 118 valence electrons. The Balaban J connectivity index is 1.95. The summed E-state index contributed by atoms with van der Waals surface area (Å²) in [6.45, 7) is 1.77. The second kappa shape index (κ2) is 7.04. The number of rotatable bonds is 6. The SMILES string of the molecule is C[C@H](O)CN(C)C(=O)c1coc(COc2cccc(F)c2)n1. The fourth-order valence-electron chi connectivity index (χ4n) is 1.85. The van der Waals surface area contributed by atoms with Crippen molar-refractivity contribution < 1.29 is 23.4 Å². The first kappa shape index (κ1) is 16.0. The van der Waals surface area contributed by atoms with Gasteiger partial charge in [-0.2, -0.15) is 0 Å². The number of ether oxygens (including phenoxy) is 1. The minimum atomic E-state index is -0.628. The number of aromatic nitrogens is 1. The number of halogens is 1. The molecule has 0 fully saturated rings. The van der Waals surface area contributed by atoms with Crippen LogP contribution >= 0.6 is 0 Å². The van der Waals surface area contributed by atoms with Gasteiger partial charge in [0, 0.05) is 19.7 Å². The fourth-order valence-corrected chi connectivity index (χ4v) is 1.85. The van der Waals surface area contributed by atoms with Crippen LogP contribution in [0.25, 0.3) is 0 Å². The first-order valence-electron chi connectivity index (χ1n) is 6.72. The van der Waals surface area contributed by atoms with E-state index in [0.29, 0.717) is 5.75 Å². The average molecular weight is 308 g/mol. The zero-order chi connectivity index (χ0) is 16.1. The molecule has 6 nitrogen and oxygen atoms in total. The molecule has 1 aromatic heterocycles. The Morgan fingerprint density at radius 3 is 3.00 bits per heavy atom. The van der Waals surface area contributed by atoms with Gasteiger partial charge in [0.25, 0.3) is 5.91 Å². The topological polar surface area (TPSA) is 75.8 Å². The maximum Gasteiger partial charge on any atom is 0.275 e. The van der Waals surface area contributed by atoms with E-state index in [-0.39, 0.29) is 30.6 Å². The largest absolute Gasteiger partial charge is 0.484 e. The molecule has 0 bridgehead atoms. The van der Waals surface area contributed by atoms with Gasteiger partial charge in [-0.15, -0.1) is 0 Å². The minimum absolute atomic E-state index is 0.0170. The summed E-state index contributed by atoms with van der Waals surface area (Å²) in [5.41, 5.74) is 0.126. The van der Waals surface area contributed by atoms with Crippen molar-refractivity contribution >= 4 is 5.91 Å². The number of aliphatic hydroxyl groups excluding tert-OH is 1. The standard InChI is InChI=1S/C15H17FN2O4/c1-10(19)7-18(2)15(20)13-8-22-14(17-13)9-21-12-5-3-4-11(16)6-12/h3-6,8,10,19H,7,9H2,1-2H3/t10-/m0/s1. The summed E-state index contributed by atoms with van der Waals surface area (Å²) in [5.74, 6) is -0.211. The Hall–Kier alpha value is -2.41. The third kappa shape index (κ3) is 4.29. The molecule has 0 aliphatic heterocycles. The third-order valence-electron chi connectivity index (χ3n) is 2.81. The summed E-state index contributed by atoms with van der Waals surface area (Å²) in [7, 11) is 1.56. The highest BCUT2D eigenvalue weighted by molar-refractivity contribution is 5.91. The highest BCUT2D eigenvalue weighted by Gasteiger charge is 2.18. The van der Waals surface area contributed by atoms with Crippen LogP contribution in [0.4, 0.5) is 4.39 Å². The van der Waals surface area contributed by atoms with E-state index in [1.807, 2.05) is 0 Å². The van der Waals surface area contributed by atoms with Crippen LogP contribution in [-0.4, -0.2) is 40.6 Å². The van der Waals surface area contributed by atoms with Gasteiger partial charge < -0.3 is 19.2 Å². The molecule has 0 radical (unpaired) electrons. The lowest BCUT2D eigenvalue weighted by molar-refractivity contribution is 0.0698. The maximum atomic E-state index is 13.0. The predicted molar refractivity (Wildman–Crippen MR) is 75.9 cm³/mol. The number of oxazole rings is 1. The zero-order valence-corrected chi connectivity index (χ0v) is 12.3. The Bertz CT molecular complexity index is 642. The molecule has 0 aliphatic rings. The zero-order valence-electron chi connectivity index (χ0n) is 12.3. The van der Waals surface area contributed by atoms with Crippen LogP contribution < -0.4 is 4.74 Å². The summed E-state index contributed by atoms with van der Waals surface area (Å²) >= 11 is 0. The van der Waals surface area contributed by atoms with E-state index in [1.165, 1.54) is 29.4 Å². The van der Waals surface area contributed by atoms with Crippen molar-refractivity contribution in [1.29, 1.82) is 0 Å². The molecule has 1 heterocycles. The fraction of sp³-hybridized carbons (Fsp3) is 0.333. The lowest BCUT2D eigenvalue weighted by Crippen LogP contribution is -2.33. The summed E-state index contributed by atoms with van der Waals surface area (Å²) < 4.78 is 23.5. The molecule has 1 atom stereocenters. The van der Waals surface area contributed by atoms with E-state index in [4.69, 9.17) is 9.15 Å². The van der Waals surface area contributed by atoms with E-state index in [9.17, 15) is 14.3 Å². The molecule has 0 spiro atoms. The van der Waals surface area contributed by atoms with Crippen molar-refractivity contribution in [3.63, 3.8) is 0 Å². The van der Waals surface area contributed by atoms with Crippen LogP contribution in [-0.2, 0) is 6.61 Å². The number of carbonyl (C=O) groups excluding carboxylic acids is 1. The van der Waals surface area contributed by atoms with Gasteiger partial charge in [0.1, 0.15) is 17.8 Å². The lowest BCUT2D eigenvalue weighted by atomic mass is 10.3. The average Bonchev–Trinajstić information content (AvgIpc) is 2.92. The Morgan fingerprint density at radius 1 is 1.55 bits per heavy atom. The number of nitrogens with zero attached hydrogens (tertiary/aromatic N) is 2. The van der Waals surface area contributed by atoms with E-state index in [1.54, 1.807) is 20.0 Å². The number of likely N-dealkylation sites (N-methyl/N-ethyl adjacent to an activating group) is 1. The minimum Gasteiger partial charge on any atom is -0.484 e. The van der Waals surface area contributed by atoms with Crippen LogP contribution in [0.3, 0.4) is 0 Å². The number of benzene rings is 1. The van der Waals surface area contributed by atoms with Crippen molar-refractivity contribution in [3.8, 4) is 5.75 Å². The monoisotopic (exact) mass is 308 g/mol. The predicted octanol–water partition coefficient (Wildman–Crippen LogP) is 1.85. The van der Waals surface area contributed by atoms with E-state index in [0.717, 1.165) is 0 Å². The molecule has 7 heteroatoms. The molecule has 22 heavy (non-hydrogen) atoms. The summed E-state index contributed by atoms with van der Waals surface area (Å²) in [6.07, 6.45) is 0.599. The van der Waals surface area contributed by atoms with Crippen LogP contribution in [0.2, 0.25) is 0 Å². The molecule has 0 saturated carbocycles. The molecule has 2 rings (SSSR count). The summed E-state index contributed by atoms with van der Waals surface area (Å²) in [4.78, 5) is 17.4. The highest BCUT2D eigenvalue weighted by Crippen LogP contribution is 2.14. The molecule has 0 aliphatic carbocycles. The van der Waals surface area contributed by atoms with Gasteiger partial charge in [0.15, 0.2) is 12.3 Å². The Morgan fingerprint density at radius 2 is 2.32 bits per heavy atom. The van der Waals surface area contributed by atoms with Gasteiger partial charge in [-0.25, -0.2) is 9.37 Å². The molecule has 0 unspecified atom stereocenters. The van der Waals surface area contributed by atoms with Gasteiger partial charge in [-0.1, -0.05) is 6.07 Å². The number of hydrogen-bond acceptors (Lipinski definition) is 5. The first-order valence-corrected chi connectivity index (χ1v) is 6.72. The Kier molecular flexibility index (Phi) is 5.11. The van der Waals surface area contributed by atoms with Gasteiger partial charge in [-0.3, -0.25) is 4.79 Å². The van der Waals surface area contributed by atoms with Gasteiger partial charge in [-0.05, 0) is 19.1 Å². The van der Waals surface area contributed by atoms with Crippen molar-refractivity contribution in [2.75, 3.05) is 13.6 Å². The molecule has 1 aromatic carbocycles. The maximum absolute atomic E-state index is 13.0. The molecule has 1 amide bonds. The quantitative estimate of drug-likeness (QED) is 0.881. The second-order valence-corrected chi connectivity index (χ2v) is 4.91. The molecule has 2 aromatic rings. The third-order valence-corrected chi connectivity index (χ3v) is 2.81. The van der Waals surface area contributed by atoms with Gasteiger partial charge >= 0.3 is 0 Å². The number of carbonyl (C=O) groups is 1. The van der Waals surface area contributed by atoms with Gasteiger partial charge in [0.05, 0.1) is 6.10 Å². The van der Waals surface area contributed by atoms with Crippen molar-refractivity contribution in [2.45, 2.75) is 19.6 Å². The molecule has 1 N–H and O–H groups in total. The van der Waals surface area contributed by atoms with Crippen LogP contribution in [0.5, 0.6) is 5.75 Å². The van der Waals surface area contributed by atoms with Crippen molar-refractivity contribution in [1.82, 2.24) is 9.88 Å². The normalized spacial score (nSPS) is 12.0. The smallest absolute Gasteiger partial charge is 0.275 e. The second-order valence-electron chi connectivity index (χ2n) is 4.91. The summed E-state index contributed by atoms with van der Waals surface area (Å²) in [5, 5.41) is 9.27. The molecular formula is C15H17FN2O4. The van der Waals surface area contributed by atoms with Gasteiger partial charge in [0.2, 0.25) is 5.89 Å². The highest BCUT2D eigenvalue weighted by atomic mass is 19.1. The van der Waals surface area contributed by atoms with Crippen molar-refractivity contribution in [2.24, 2.45) is 0 Å². The Labute approximate surface area is 127 Å². The number of aliphatic hydroxyl groups is 1. The lowest BCUT2D eigenvalue weighted by Gasteiger charge is -2.16. The molecule has 0 saturated heterocycles. The van der Waals surface area contributed by atoms with Crippen LogP contribution in [0, 0.1) is 5.82 Å².